The molecular formula is H4FeMgO4S. The van der Waals surface area contributed by atoms with Crippen LogP contribution in [0, 0.1) is 0 Å². The maximum Gasteiger partial charge on any atom is 0.394 e. The van der Waals surface area contributed by atoms with E-state index in [4.69, 9.17) is 17.5 Å². The van der Waals surface area contributed by atoms with Crippen LogP contribution in [0.3, 0.4) is 0 Å². The summed E-state index contributed by atoms with van der Waals surface area (Å²) in [6.07, 6.45) is 0. The van der Waals surface area contributed by atoms with Crippen LogP contribution < -0.4 is 0 Å². The molecule has 0 atom stereocenters. The van der Waals surface area contributed by atoms with Crippen molar-refractivity contribution in [3.8, 4) is 0 Å². The van der Waals surface area contributed by atoms with Crippen LogP contribution in [0.1, 0.15) is 0 Å². The molecule has 0 radical (unpaired) electrons. The average Bonchev–Trinajstić information content (AvgIpc) is 0.722. The molecule has 0 aliphatic carbocycles. The molecule has 0 aliphatic heterocycles. The monoisotopic (exact) mass is 180 g/mol. The fourth-order valence-electron chi connectivity index (χ4n) is 0. The van der Waals surface area contributed by atoms with Gasteiger partial charge in [0, 0.05) is 17.1 Å². The van der Waals surface area contributed by atoms with E-state index in [9.17, 15) is 0 Å². The quantitative estimate of drug-likeness (QED) is 0.349. The van der Waals surface area contributed by atoms with Crippen LogP contribution in [0.5, 0.6) is 0 Å². The Morgan fingerprint density at radius 1 is 1.14 bits per heavy atom. The smallest absolute Gasteiger partial charge is 0.264 e. The summed E-state index contributed by atoms with van der Waals surface area (Å²) in [6.45, 7) is 0. The molecule has 0 bridgehead atoms. The molecule has 0 aromatic heterocycles. The van der Waals surface area contributed by atoms with Crippen molar-refractivity contribution >= 4 is 33.5 Å². The molecule has 4 nitrogen and oxygen atoms in total. The summed E-state index contributed by atoms with van der Waals surface area (Å²) in [5.41, 5.74) is 0. The van der Waals surface area contributed by atoms with Crippen LogP contribution in [0.25, 0.3) is 0 Å². The molecule has 0 heterocycles. The van der Waals surface area contributed by atoms with Gasteiger partial charge in [-0.25, -0.2) is 0 Å². The predicted octanol–water partition coefficient (Wildman–Crippen LogP) is -1.57. The fraction of sp³-hybridized carbons (Fsp3) is 0. The van der Waals surface area contributed by atoms with Gasteiger partial charge in [-0.05, 0) is 0 Å². The van der Waals surface area contributed by atoms with Crippen LogP contribution in [0.4, 0.5) is 0 Å². The van der Waals surface area contributed by atoms with E-state index < -0.39 is 10.4 Å². The van der Waals surface area contributed by atoms with Crippen molar-refractivity contribution in [2.75, 3.05) is 0 Å². The Hall–Kier alpha value is 1.16. The summed E-state index contributed by atoms with van der Waals surface area (Å²) in [7, 11) is -4.67. The van der Waals surface area contributed by atoms with Crippen LogP contribution in [-0.2, 0) is 27.5 Å². The molecule has 0 aliphatic rings. The van der Waals surface area contributed by atoms with E-state index >= 15 is 0 Å². The second kappa shape index (κ2) is 5.30. The molecule has 0 rings (SSSR count). The number of rotatable bonds is 0. The van der Waals surface area contributed by atoms with E-state index in [0.717, 1.165) is 0 Å². The van der Waals surface area contributed by atoms with Crippen molar-refractivity contribution in [2.24, 2.45) is 0 Å². The van der Waals surface area contributed by atoms with Crippen molar-refractivity contribution in [3.05, 3.63) is 0 Å². The van der Waals surface area contributed by atoms with E-state index in [2.05, 4.69) is 0 Å². The standard InChI is InChI=1S/Fe.Mg.H2O4S.2H/c;;1-5(2,3)4;;/h;;(H2,1,2,3,4);;. The van der Waals surface area contributed by atoms with Gasteiger partial charge < -0.3 is 0 Å². The topological polar surface area (TPSA) is 74.6 Å². The van der Waals surface area contributed by atoms with Crippen molar-refractivity contribution in [2.45, 2.75) is 0 Å². The minimum absolute atomic E-state index is 0. The van der Waals surface area contributed by atoms with E-state index in [1.807, 2.05) is 0 Å². The summed E-state index contributed by atoms with van der Waals surface area (Å²) in [4.78, 5) is 0. The first-order valence-electron chi connectivity index (χ1n) is 0.698. The molecule has 0 aromatic carbocycles. The van der Waals surface area contributed by atoms with Gasteiger partial charge in [-0.2, -0.15) is 8.42 Å². The van der Waals surface area contributed by atoms with Gasteiger partial charge in [-0.1, -0.05) is 0 Å². The van der Waals surface area contributed by atoms with Gasteiger partial charge in [-0.3, -0.25) is 9.11 Å². The van der Waals surface area contributed by atoms with E-state index in [1.165, 1.54) is 0 Å². The molecule has 0 saturated heterocycles. The van der Waals surface area contributed by atoms with E-state index in [-0.39, 0.29) is 40.1 Å². The maximum absolute atomic E-state index is 8.74. The third-order valence-electron chi connectivity index (χ3n) is 0. The van der Waals surface area contributed by atoms with Gasteiger partial charge in [0.15, 0.2) is 0 Å². The van der Waals surface area contributed by atoms with Crippen molar-refractivity contribution in [1.29, 1.82) is 0 Å². The summed E-state index contributed by atoms with van der Waals surface area (Å²) in [6, 6.07) is 0. The first kappa shape index (κ1) is 15.7. The molecule has 44 valence electrons. The summed E-state index contributed by atoms with van der Waals surface area (Å²) >= 11 is 0. The molecule has 0 spiro atoms. The summed E-state index contributed by atoms with van der Waals surface area (Å²) < 4.78 is 31.6. The van der Waals surface area contributed by atoms with Crippen molar-refractivity contribution < 1.29 is 34.6 Å². The minimum Gasteiger partial charge on any atom is -0.264 e. The predicted molar refractivity (Wildman–Crippen MR) is 22.7 cm³/mol. The third-order valence-corrected chi connectivity index (χ3v) is 0. The van der Waals surface area contributed by atoms with Crippen molar-refractivity contribution in [1.82, 2.24) is 0 Å². The zero-order valence-corrected chi connectivity index (χ0v) is 4.39. The molecule has 7 heavy (non-hydrogen) atoms. The molecule has 0 aromatic rings. The van der Waals surface area contributed by atoms with Crippen LogP contribution in [0.15, 0.2) is 0 Å². The van der Waals surface area contributed by atoms with Gasteiger partial charge in [0.2, 0.25) is 0 Å². The summed E-state index contributed by atoms with van der Waals surface area (Å²) in [5, 5.41) is 0. The largest absolute Gasteiger partial charge is 0.394 e. The summed E-state index contributed by atoms with van der Waals surface area (Å²) in [5.74, 6) is 0. The van der Waals surface area contributed by atoms with Gasteiger partial charge in [0.1, 0.15) is 0 Å². The average molecular weight is 180 g/mol. The Labute approximate surface area is 67.9 Å². The Balaban J connectivity index is -0.0000000800. The van der Waals surface area contributed by atoms with E-state index in [0.29, 0.717) is 0 Å². The molecular weight excluding hydrogens is 176 g/mol. The van der Waals surface area contributed by atoms with Gasteiger partial charge >= 0.3 is 33.5 Å². The maximum atomic E-state index is 8.74. The Morgan fingerprint density at radius 2 is 1.14 bits per heavy atom. The first-order valence-corrected chi connectivity index (χ1v) is 2.10. The van der Waals surface area contributed by atoms with Gasteiger partial charge in [-0.15, -0.1) is 0 Å². The second-order valence-electron chi connectivity index (χ2n) is 0.448. The number of hydrogen-bond acceptors (Lipinski definition) is 2. The zero-order valence-electron chi connectivity index (χ0n) is 2.47. The molecule has 0 fully saturated rings. The first-order chi connectivity index (χ1) is 2.00. The fourth-order valence-corrected chi connectivity index (χ4v) is 0. The van der Waals surface area contributed by atoms with Gasteiger partial charge in [0.25, 0.3) is 0 Å². The third kappa shape index (κ3) is 142. The molecule has 0 unspecified atom stereocenters. The molecule has 7 heteroatoms. The van der Waals surface area contributed by atoms with Crippen molar-refractivity contribution in [3.63, 3.8) is 0 Å². The Morgan fingerprint density at radius 3 is 1.14 bits per heavy atom. The van der Waals surface area contributed by atoms with Crippen LogP contribution in [-0.4, -0.2) is 40.6 Å². The zero-order chi connectivity index (χ0) is 4.50. The van der Waals surface area contributed by atoms with Gasteiger partial charge in [0.05, 0.1) is 0 Å². The van der Waals surface area contributed by atoms with E-state index in [1.54, 1.807) is 0 Å². The second-order valence-corrected chi connectivity index (χ2v) is 1.34. The van der Waals surface area contributed by atoms with Crippen LogP contribution in [0.2, 0.25) is 0 Å². The van der Waals surface area contributed by atoms with Crippen LogP contribution >= 0.6 is 0 Å². The molecule has 0 amide bonds. The Kier molecular flexibility index (Phi) is 11.9. The number of hydrogen-bond donors (Lipinski definition) is 2. The SMILES string of the molecule is O=S(=O)(O)O.[Fe].[MgH2]. The molecule has 2 N–H and O–H groups in total. The molecule has 0 saturated carbocycles. The Bertz CT molecular complexity index is 94.9. The normalized spacial score (nSPS) is 8.29. The minimum atomic E-state index is -4.67.